The lowest BCUT2D eigenvalue weighted by Gasteiger charge is -2.40. The first-order valence-corrected chi connectivity index (χ1v) is 5.27. The van der Waals surface area contributed by atoms with Crippen molar-refractivity contribution in [3.8, 4) is 12.3 Å². The summed E-state index contributed by atoms with van der Waals surface area (Å²) in [6, 6.07) is -0.0953. The molecule has 0 radical (unpaired) electrons. The van der Waals surface area contributed by atoms with Crippen LogP contribution < -0.4 is 0 Å². The second-order valence-electron chi connectivity index (χ2n) is 3.87. The van der Waals surface area contributed by atoms with Crippen LogP contribution in [0.25, 0.3) is 0 Å². The Morgan fingerprint density at radius 3 is 2.62 bits per heavy atom. The molecular formula is C11H16N2O3. The summed E-state index contributed by atoms with van der Waals surface area (Å²) in [6.07, 6.45) is 5.29. The fourth-order valence-electron chi connectivity index (χ4n) is 1.73. The largest absolute Gasteiger partial charge is 0.481 e. The Bertz CT molecular complexity index is 316. The second-order valence-corrected chi connectivity index (χ2v) is 3.87. The van der Waals surface area contributed by atoms with E-state index in [0.29, 0.717) is 26.2 Å². The van der Waals surface area contributed by atoms with Gasteiger partial charge in [0.25, 0.3) is 0 Å². The van der Waals surface area contributed by atoms with Crippen molar-refractivity contribution >= 4 is 12.0 Å². The smallest absolute Gasteiger partial charge is 0.320 e. The second kappa shape index (κ2) is 5.40. The van der Waals surface area contributed by atoms with E-state index in [1.807, 2.05) is 6.92 Å². The van der Waals surface area contributed by atoms with Gasteiger partial charge in [-0.25, -0.2) is 4.79 Å². The molecule has 0 aromatic rings. The Hall–Kier alpha value is -1.70. The molecule has 0 spiro atoms. The van der Waals surface area contributed by atoms with Crippen molar-refractivity contribution < 1.29 is 14.7 Å². The number of terminal acetylenes is 1. The first-order valence-electron chi connectivity index (χ1n) is 5.27. The number of rotatable bonds is 4. The van der Waals surface area contributed by atoms with Gasteiger partial charge >= 0.3 is 12.0 Å². The molecule has 0 aromatic carbocycles. The molecule has 1 rings (SSSR count). The van der Waals surface area contributed by atoms with E-state index in [2.05, 4.69) is 5.92 Å². The summed E-state index contributed by atoms with van der Waals surface area (Å²) in [5.41, 5.74) is 0. The van der Waals surface area contributed by atoms with Crippen LogP contribution in [0.5, 0.6) is 0 Å². The molecule has 1 aliphatic rings. The molecule has 1 saturated heterocycles. The van der Waals surface area contributed by atoms with E-state index in [1.165, 1.54) is 0 Å². The van der Waals surface area contributed by atoms with Crippen molar-refractivity contribution in [1.29, 1.82) is 0 Å². The molecular weight excluding hydrogens is 208 g/mol. The fourth-order valence-corrected chi connectivity index (χ4v) is 1.73. The van der Waals surface area contributed by atoms with Gasteiger partial charge in [-0.1, -0.05) is 5.92 Å². The molecule has 1 heterocycles. The number of nitrogens with zero attached hydrogens (tertiary/aromatic N) is 2. The van der Waals surface area contributed by atoms with E-state index in [4.69, 9.17) is 11.5 Å². The molecule has 0 bridgehead atoms. The summed E-state index contributed by atoms with van der Waals surface area (Å²) < 4.78 is 0. The number of amides is 2. The number of urea groups is 1. The van der Waals surface area contributed by atoms with Crippen LogP contribution in [0, 0.1) is 18.3 Å². The lowest BCUT2D eigenvalue weighted by molar-refractivity contribution is -0.139. The number of carbonyl (C=O) groups excluding carboxylic acids is 1. The molecule has 1 N–H and O–H groups in total. The van der Waals surface area contributed by atoms with Gasteiger partial charge in [0.15, 0.2) is 0 Å². The van der Waals surface area contributed by atoms with E-state index < -0.39 is 5.97 Å². The summed E-state index contributed by atoms with van der Waals surface area (Å²) in [5, 5.41) is 8.57. The van der Waals surface area contributed by atoms with Crippen molar-refractivity contribution in [1.82, 2.24) is 9.80 Å². The van der Waals surface area contributed by atoms with Gasteiger partial charge in [0.1, 0.15) is 0 Å². The highest BCUT2D eigenvalue weighted by atomic mass is 16.4. The minimum atomic E-state index is -0.812. The topological polar surface area (TPSA) is 60.9 Å². The van der Waals surface area contributed by atoms with Crippen molar-refractivity contribution in [3.05, 3.63) is 0 Å². The Morgan fingerprint density at radius 1 is 1.56 bits per heavy atom. The lowest BCUT2D eigenvalue weighted by Crippen LogP contribution is -2.55. The highest BCUT2D eigenvalue weighted by Crippen LogP contribution is 2.20. The molecule has 5 nitrogen and oxygen atoms in total. The van der Waals surface area contributed by atoms with Gasteiger partial charge in [0.05, 0.1) is 13.0 Å². The van der Waals surface area contributed by atoms with Crippen molar-refractivity contribution in [2.45, 2.75) is 13.3 Å². The molecule has 1 fully saturated rings. The van der Waals surface area contributed by atoms with Gasteiger partial charge in [-0.05, 0) is 6.92 Å². The Morgan fingerprint density at radius 2 is 2.19 bits per heavy atom. The fraction of sp³-hybridized carbons (Fsp3) is 0.636. The zero-order chi connectivity index (χ0) is 12.1. The van der Waals surface area contributed by atoms with E-state index in [1.54, 1.807) is 9.80 Å². The molecule has 0 aromatic heterocycles. The van der Waals surface area contributed by atoms with Crippen LogP contribution in [0.2, 0.25) is 0 Å². The van der Waals surface area contributed by atoms with Crippen molar-refractivity contribution in [2.24, 2.45) is 5.92 Å². The molecule has 0 atom stereocenters. The zero-order valence-corrected chi connectivity index (χ0v) is 9.35. The van der Waals surface area contributed by atoms with Crippen LogP contribution >= 0.6 is 0 Å². The highest BCUT2D eigenvalue weighted by molar-refractivity contribution is 5.76. The molecule has 88 valence electrons. The number of carboxylic acid groups (broad SMARTS) is 1. The summed E-state index contributed by atoms with van der Waals surface area (Å²) in [6.45, 7) is 3.78. The molecule has 0 saturated carbocycles. The summed E-state index contributed by atoms with van der Waals surface area (Å²) in [5.74, 6) is 1.71. The minimum absolute atomic E-state index is 0.0889. The SMILES string of the molecule is C#CCN(CC)C(=O)N1CC(CC(=O)O)C1. The number of aliphatic carboxylic acids is 1. The average molecular weight is 224 g/mol. The van der Waals surface area contributed by atoms with E-state index >= 15 is 0 Å². The number of carboxylic acids is 1. The zero-order valence-electron chi connectivity index (χ0n) is 9.35. The van der Waals surface area contributed by atoms with Gasteiger partial charge in [0, 0.05) is 25.6 Å². The average Bonchev–Trinajstić information content (AvgIpc) is 2.18. The van der Waals surface area contributed by atoms with Crippen molar-refractivity contribution in [2.75, 3.05) is 26.2 Å². The predicted molar refractivity (Wildman–Crippen MR) is 58.8 cm³/mol. The summed E-state index contributed by atoms with van der Waals surface area (Å²) >= 11 is 0. The van der Waals surface area contributed by atoms with Crippen LogP contribution in [0.4, 0.5) is 4.79 Å². The summed E-state index contributed by atoms with van der Waals surface area (Å²) in [4.78, 5) is 25.4. The van der Waals surface area contributed by atoms with Crippen LogP contribution in [-0.4, -0.2) is 53.1 Å². The number of carbonyl (C=O) groups is 2. The Kier molecular flexibility index (Phi) is 4.18. The van der Waals surface area contributed by atoms with E-state index in [9.17, 15) is 9.59 Å². The molecule has 0 unspecified atom stereocenters. The Labute approximate surface area is 95.0 Å². The number of hydrogen-bond donors (Lipinski definition) is 1. The standard InChI is InChI=1S/C11H16N2O3/c1-3-5-12(4-2)11(16)13-7-9(8-13)6-10(14)15/h1,9H,4-8H2,2H3,(H,14,15). The number of likely N-dealkylation sites (tertiary alicyclic amines) is 1. The quantitative estimate of drug-likeness (QED) is 0.706. The predicted octanol–water partition coefficient (Wildman–Crippen LogP) is 0.468. The number of hydrogen-bond acceptors (Lipinski definition) is 2. The molecule has 16 heavy (non-hydrogen) atoms. The van der Waals surface area contributed by atoms with Crippen LogP contribution in [0.15, 0.2) is 0 Å². The maximum Gasteiger partial charge on any atom is 0.320 e. The van der Waals surface area contributed by atoms with Crippen LogP contribution in [0.1, 0.15) is 13.3 Å². The van der Waals surface area contributed by atoms with Gasteiger partial charge in [-0.2, -0.15) is 0 Å². The third-order valence-electron chi connectivity index (χ3n) is 2.63. The van der Waals surface area contributed by atoms with Gasteiger partial charge in [-0.15, -0.1) is 6.42 Å². The summed E-state index contributed by atoms with van der Waals surface area (Å²) in [7, 11) is 0. The van der Waals surface area contributed by atoms with Crippen LogP contribution in [-0.2, 0) is 4.79 Å². The molecule has 2 amide bonds. The first-order chi connectivity index (χ1) is 7.58. The third-order valence-corrected chi connectivity index (χ3v) is 2.63. The Balaban J connectivity index is 2.36. The molecule has 1 aliphatic heterocycles. The van der Waals surface area contributed by atoms with E-state index in [-0.39, 0.29) is 18.4 Å². The maximum atomic E-state index is 11.8. The highest BCUT2D eigenvalue weighted by Gasteiger charge is 2.33. The monoisotopic (exact) mass is 224 g/mol. The lowest BCUT2D eigenvalue weighted by atomic mass is 9.97. The maximum absolute atomic E-state index is 11.8. The van der Waals surface area contributed by atoms with Crippen molar-refractivity contribution in [3.63, 3.8) is 0 Å². The van der Waals surface area contributed by atoms with Gasteiger partial charge in [0.2, 0.25) is 0 Å². The third kappa shape index (κ3) is 2.89. The van der Waals surface area contributed by atoms with Gasteiger partial charge in [-0.3, -0.25) is 4.79 Å². The van der Waals surface area contributed by atoms with E-state index in [0.717, 1.165) is 0 Å². The molecule has 0 aliphatic carbocycles. The minimum Gasteiger partial charge on any atom is -0.481 e. The van der Waals surface area contributed by atoms with Crippen LogP contribution in [0.3, 0.4) is 0 Å². The molecule has 5 heteroatoms. The first kappa shape index (κ1) is 12.4. The normalized spacial score (nSPS) is 15.1. The van der Waals surface area contributed by atoms with Gasteiger partial charge < -0.3 is 14.9 Å².